The first-order valence-electron chi connectivity index (χ1n) is 10.5. The van der Waals surface area contributed by atoms with Crippen molar-refractivity contribution in [2.45, 2.75) is 58.4 Å². The van der Waals surface area contributed by atoms with Gasteiger partial charge in [-0.25, -0.2) is 0 Å². The molecule has 1 aliphatic carbocycles. The summed E-state index contributed by atoms with van der Waals surface area (Å²) in [5.41, 5.74) is 2.09. The zero-order valence-electron chi connectivity index (χ0n) is 16.9. The van der Waals surface area contributed by atoms with Gasteiger partial charge in [-0.05, 0) is 36.8 Å². The first-order valence-corrected chi connectivity index (χ1v) is 10.5. The van der Waals surface area contributed by atoms with E-state index < -0.39 is 6.04 Å². The fourth-order valence-electron chi connectivity index (χ4n) is 3.97. The number of carbonyl (C=O) groups excluding carboxylic acids is 2. The number of nitrogens with zero attached hydrogens (tertiary/aromatic N) is 1. The zero-order chi connectivity index (χ0) is 19.9. The lowest BCUT2D eigenvalue weighted by molar-refractivity contribution is -0.132. The highest BCUT2D eigenvalue weighted by molar-refractivity contribution is 5.88. The summed E-state index contributed by atoms with van der Waals surface area (Å²) < 4.78 is 0. The maximum atomic E-state index is 12.7. The molecule has 2 N–H and O–H groups in total. The molecule has 1 saturated carbocycles. The second kappa shape index (κ2) is 9.67. The molecule has 1 atom stereocenters. The van der Waals surface area contributed by atoms with E-state index in [0.717, 1.165) is 42.1 Å². The van der Waals surface area contributed by atoms with Crippen LogP contribution in [0.3, 0.4) is 0 Å². The molecule has 2 amide bonds. The first-order chi connectivity index (χ1) is 13.6. The van der Waals surface area contributed by atoms with Crippen LogP contribution < -0.4 is 10.6 Å². The van der Waals surface area contributed by atoms with E-state index in [2.05, 4.69) is 15.6 Å². The number of benzene rings is 1. The Bertz CT molecular complexity index is 807. The number of hydrogen-bond acceptors (Lipinski definition) is 3. The standard InChI is InChI=1S/C23H31N3O2/c1-16(2)20(26-22(27)19-8-4-3-5-9-19)23(28)25-15-13-18-11-6-10-17-12-7-14-24-21(17)18/h6-7,10-12,14,16,19-20H,3-5,8-9,13,15H2,1-2H3,(H,25,28)(H,26,27)/t20-/m1/s1. The molecule has 150 valence electrons. The normalized spacial score (nSPS) is 16.1. The van der Waals surface area contributed by atoms with E-state index in [9.17, 15) is 9.59 Å². The molecule has 0 spiro atoms. The third-order valence-corrected chi connectivity index (χ3v) is 5.63. The largest absolute Gasteiger partial charge is 0.354 e. The summed E-state index contributed by atoms with van der Waals surface area (Å²) >= 11 is 0. The Balaban J connectivity index is 1.56. The van der Waals surface area contributed by atoms with Crippen LogP contribution in [0.1, 0.15) is 51.5 Å². The van der Waals surface area contributed by atoms with Crippen LogP contribution in [0.4, 0.5) is 0 Å². The molecular formula is C23H31N3O2. The lowest BCUT2D eigenvalue weighted by atomic mass is 9.88. The van der Waals surface area contributed by atoms with Crippen molar-refractivity contribution in [3.63, 3.8) is 0 Å². The number of fused-ring (bicyclic) bond motifs is 1. The van der Waals surface area contributed by atoms with Crippen molar-refractivity contribution in [3.05, 3.63) is 42.1 Å². The van der Waals surface area contributed by atoms with Crippen molar-refractivity contribution in [1.82, 2.24) is 15.6 Å². The monoisotopic (exact) mass is 381 g/mol. The van der Waals surface area contributed by atoms with E-state index in [1.54, 1.807) is 6.20 Å². The van der Waals surface area contributed by atoms with Gasteiger partial charge in [0, 0.05) is 24.0 Å². The molecule has 1 aliphatic rings. The van der Waals surface area contributed by atoms with Crippen LogP contribution >= 0.6 is 0 Å². The molecule has 1 aromatic carbocycles. The van der Waals surface area contributed by atoms with Crippen LogP contribution in [0, 0.1) is 11.8 Å². The van der Waals surface area contributed by atoms with Gasteiger partial charge in [-0.3, -0.25) is 14.6 Å². The molecule has 0 radical (unpaired) electrons. The predicted octanol–water partition coefficient (Wildman–Crippen LogP) is 3.61. The number of hydrogen-bond donors (Lipinski definition) is 2. The summed E-state index contributed by atoms with van der Waals surface area (Å²) in [6.45, 7) is 4.47. The SMILES string of the molecule is CC(C)[C@@H](NC(=O)C1CCCCC1)C(=O)NCCc1cccc2cccnc12. The molecule has 3 rings (SSSR count). The van der Waals surface area contributed by atoms with E-state index in [0.29, 0.717) is 13.0 Å². The van der Waals surface area contributed by atoms with Gasteiger partial charge in [-0.2, -0.15) is 0 Å². The molecule has 1 heterocycles. The summed E-state index contributed by atoms with van der Waals surface area (Å²) in [6.07, 6.45) is 7.80. The Morgan fingerprint density at radius 3 is 2.61 bits per heavy atom. The number of pyridine rings is 1. The highest BCUT2D eigenvalue weighted by Crippen LogP contribution is 2.24. The van der Waals surface area contributed by atoms with Gasteiger partial charge in [0.25, 0.3) is 0 Å². The molecule has 28 heavy (non-hydrogen) atoms. The molecule has 0 saturated heterocycles. The predicted molar refractivity (Wildman–Crippen MR) is 112 cm³/mol. The summed E-state index contributed by atoms with van der Waals surface area (Å²) in [6, 6.07) is 9.59. The highest BCUT2D eigenvalue weighted by atomic mass is 16.2. The minimum atomic E-state index is -0.486. The van der Waals surface area contributed by atoms with E-state index in [1.165, 1.54) is 6.42 Å². The Morgan fingerprint density at radius 2 is 1.86 bits per heavy atom. The van der Waals surface area contributed by atoms with Crippen LogP contribution in [0.25, 0.3) is 10.9 Å². The Kier molecular flexibility index (Phi) is 7.01. The Morgan fingerprint density at radius 1 is 1.11 bits per heavy atom. The number of aromatic nitrogens is 1. The topological polar surface area (TPSA) is 71.1 Å². The first kappa shape index (κ1) is 20.3. The van der Waals surface area contributed by atoms with Crippen molar-refractivity contribution in [2.24, 2.45) is 11.8 Å². The quantitative estimate of drug-likeness (QED) is 0.770. The molecule has 1 fully saturated rings. The van der Waals surface area contributed by atoms with Gasteiger partial charge in [-0.1, -0.05) is 57.4 Å². The second-order valence-electron chi connectivity index (χ2n) is 8.10. The lowest BCUT2D eigenvalue weighted by Crippen LogP contribution is -2.51. The second-order valence-corrected chi connectivity index (χ2v) is 8.10. The average molecular weight is 382 g/mol. The van der Waals surface area contributed by atoms with Crippen LogP contribution in [-0.4, -0.2) is 29.4 Å². The summed E-state index contributed by atoms with van der Waals surface area (Å²) in [7, 11) is 0. The molecule has 2 aromatic rings. The average Bonchev–Trinajstić information content (AvgIpc) is 2.72. The van der Waals surface area contributed by atoms with Crippen LogP contribution in [-0.2, 0) is 16.0 Å². The molecule has 1 aromatic heterocycles. The Hall–Kier alpha value is -2.43. The highest BCUT2D eigenvalue weighted by Gasteiger charge is 2.28. The van der Waals surface area contributed by atoms with Gasteiger partial charge in [0.2, 0.25) is 11.8 Å². The molecule has 5 heteroatoms. The number of rotatable bonds is 7. The van der Waals surface area contributed by atoms with Gasteiger partial charge < -0.3 is 10.6 Å². The van der Waals surface area contributed by atoms with Crippen molar-refractivity contribution >= 4 is 22.7 Å². The molecular weight excluding hydrogens is 350 g/mol. The van der Waals surface area contributed by atoms with Gasteiger partial charge >= 0.3 is 0 Å². The maximum Gasteiger partial charge on any atom is 0.242 e. The molecule has 0 unspecified atom stereocenters. The number of amides is 2. The summed E-state index contributed by atoms with van der Waals surface area (Å²) in [4.78, 5) is 29.7. The van der Waals surface area contributed by atoms with E-state index in [4.69, 9.17) is 0 Å². The van der Waals surface area contributed by atoms with Gasteiger partial charge in [0.15, 0.2) is 0 Å². The van der Waals surface area contributed by atoms with Crippen molar-refractivity contribution in [3.8, 4) is 0 Å². The fraction of sp³-hybridized carbons (Fsp3) is 0.522. The van der Waals surface area contributed by atoms with Gasteiger partial charge in [0.1, 0.15) is 6.04 Å². The fourth-order valence-corrected chi connectivity index (χ4v) is 3.97. The van der Waals surface area contributed by atoms with Gasteiger partial charge in [0.05, 0.1) is 5.52 Å². The van der Waals surface area contributed by atoms with Crippen molar-refractivity contribution in [2.75, 3.05) is 6.54 Å². The summed E-state index contributed by atoms with van der Waals surface area (Å²) in [5, 5.41) is 7.11. The molecule has 5 nitrogen and oxygen atoms in total. The summed E-state index contributed by atoms with van der Waals surface area (Å²) in [5.74, 6) is 0.0375. The minimum absolute atomic E-state index is 0.0341. The lowest BCUT2D eigenvalue weighted by Gasteiger charge is -2.26. The van der Waals surface area contributed by atoms with E-state index >= 15 is 0 Å². The van der Waals surface area contributed by atoms with Crippen LogP contribution in [0.15, 0.2) is 36.5 Å². The number of para-hydroxylation sites is 1. The van der Waals surface area contributed by atoms with E-state index in [1.807, 2.05) is 44.2 Å². The van der Waals surface area contributed by atoms with Crippen LogP contribution in [0.2, 0.25) is 0 Å². The van der Waals surface area contributed by atoms with Crippen molar-refractivity contribution in [1.29, 1.82) is 0 Å². The van der Waals surface area contributed by atoms with E-state index in [-0.39, 0.29) is 23.7 Å². The third kappa shape index (κ3) is 5.09. The zero-order valence-corrected chi connectivity index (χ0v) is 16.9. The van der Waals surface area contributed by atoms with Gasteiger partial charge in [-0.15, -0.1) is 0 Å². The minimum Gasteiger partial charge on any atom is -0.354 e. The number of nitrogens with one attached hydrogen (secondary N) is 2. The van der Waals surface area contributed by atoms with Crippen molar-refractivity contribution < 1.29 is 9.59 Å². The maximum absolute atomic E-state index is 12.7. The smallest absolute Gasteiger partial charge is 0.242 e. The third-order valence-electron chi connectivity index (χ3n) is 5.63. The molecule has 0 aliphatic heterocycles. The number of carbonyl (C=O) groups is 2. The Labute approximate surface area is 167 Å². The molecule has 0 bridgehead atoms. The van der Waals surface area contributed by atoms with Crippen LogP contribution in [0.5, 0.6) is 0 Å².